The Labute approximate surface area is 121 Å². The van der Waals surface area contributed by atoms with Gasteiger partial charge in [-0.05, 0) is 31.2 Å². The highest BCUT2D eigenvalue weighted by atomic mass is 19.4. The third-order valence-corrected chi connectivity index (χ3v) is 2.58. The molecule has 0 aliphatic rings. The summed E-state index contributed by atoms with van der Waals surface area (Å²) in [6.07, 6.45) is -4.79. The number of hydrogen-bond donors (Lipinski definition) is 2. The molecule has 2 N–H and O–H groups in total. The number of carbonyl (C=O) groups is 1. The van der Waals surface area contributed by atoms with E-state index in [1.807, 2.05) is 0 Å². The minimum atomic E-state index is -4.79. The van der Waals surface area contributed by atoms with Crippen LogP contribution in [0.2, 0.25) is 0 Å². The van der Waals surface area contributed by atoms with E-state index in [1.165, 1.54) is 12.1 Å². The molecule has 22 heavy (non-hydrogen) atoms. The standard InChI is InChI=1S/C13H11F3N2O4/c1-2-21-11(19)10-9(17-12(20)18-10)7-3-5-8(6-4-7)22-13(14,15)16/h3-6H,2H2,1H3,(H2,17,18,20). The molecule has 118 valence electrons. The molecule has 0 bridgehead atoms. The fourth-order valence-corrected chi connectivity index (χ4v) is 1.78. The Morgan fingerprint density at radius 3 is 2.36 bits per heavy atom. The summed E-state index contributed by atoms with van der Waals surface area (Å²) in [5.41, 5.74) is -0.275. The van der Waals surface area contributed by atoms with Crippen molar-refractivity contribution in [1.82, 2.24) is 9.97 Å². The highest BCUT2D eigenvalue weighted by molar-refractivity contribution is 5.94. The van der Waals surface area contributed by atoms with Gasteiger partial charge in [0.1, 0.15) is 5.75 Å². The molecule has 0 spiro atoms. The van der Waals surface area contributed by atoms with Gasteiger partial charge in [0.25, 0.3) is 0 Å². The van der Waals surface area contributed by atoms with Crippen molar-refractivity contribution in [3.8, 4) is 17.0 Å². The molecule has 0 atom stereocenters. The number of H-pyrrole nitrogens is 2. The lowest BCUT2D eigenvalue weighted by molar-refractivity contribution is -0.274. The predicted octanol–water partition coefficient (Wildman–Crippen LogP) is 2.45. The summed E-state index contributed by atoms with van der Waals surface area (Å²) < 4.78 is 44.8. The van der Waals surface area contributed by atoms with E-state index in [1.54, 1.807) is 6.92 Å². The number of ether oxygens (including phenoxy) is 2. The van der Waals surface area contributed by atoms with Crippen LogP contribution in [0.3, 0.4) is 0 Å². The molecule has 0 aliphatic heterocycles. The Balaban J connectivity index is 2.32. The first-order valence-corrected chi connectivity index (χ1v) is 6.15. The summed E-state index contributed by atoms with van der Waals surface area (Å²) in [5.74, 6) is -1.15. The van der Waals surface area contributed by atoms with Gasteiger partial charge in [-0.1, -0.05) is 0 Å². The van der Waals surface area contributed by atoms with Crippen molar-refractivity contribution < 1.29 is 27.4 Å². The monoisotopic (exact) mass is 316 g/mol. The van der Waals surface area contributed by atoms with Gasteiger partial charge < -0.3 is 14.5 Å². The van der Waals surface area contributed by atoms with Crippen LogP contribution in [0.25, 0.3) is 11.3 Å². The van der Waals surface area contributed by atoms with Crippen molar-refractivity contribution in [1.29, 1.82) is 0 Å². The first-order chi connectivity index (χ1) is 10.3. The second-order valence-corrected chi connectivity index (χ2v) is 4.12. The lowest BCUT2D eigenvalue weighted by Gasteiger charge is -2.09. The van der Waals surface area contributed by atoms with E-state index in [4.69, 9.17) is 4.74 Å². The fraction of sp³-hybridized carbons (Fsp3) is 0.231. The van der Waals surface area contributed by atoms with Crippen LogP contribution in [0.15, 0.2) is 29.1 Å². The number of rotatable bonds is 4. The Hall–Kier alpha value is -2.71. The van der Waals surface area contributed by atoms with Crippen molar-refractivity contribution in [2.24, 2.45) is 0 Å². The number of carbonyl (C=O) groups excluding carboxylic acids is 1. The van der Waals surface area contributed by atoms with Crippen molar-refractivity contribution in [2.45, 2.75) is 13.3 Å². The Morgan fingerprint density at radius 1 is 1.18 bits per heavy atom. The summed E-state index contributed by atoms with van der Waals surface area (Å²) in [4.78, 5) is 27.8. The van der Waals surface area contributed by atoms with Crippen molar-refractivity contribution in [3.05, 3.63) is 40.4 Å². The molecule has 1 heterocycles. The molecule has 0 fully saturated rings. The first kappa shape index (κ1) is 15.7. The van der Waals surface area contributed by atoms with Crippen LogP contribution in [-0.4, -0.2) is 28.9 Å². The number of aromatic amines is 2. The Morgan fingerprint density at radius 2 is 1.82 bits per heavy atom. The maximum atomic E-state index is 12.1. The zero-order valence-corrected chi connectivity index (χ0v) is 11.3. The number of imidazole rings is 1. The van der Waals surface area contributed by atoms with Crippen LogP contribution < -0.4 is 10.4 Å². The van der Waals surface area contributed by atoms with Crippen molar-refractivity contribution >= 4 is 5.97 Å². The van der Waals surface area contributed by atoms with Crippen LogP contribution in [0.5, 0.6) is 5.75 Å². The van der Waals surface area contributed by atoms with Crippen LogP contribution in [0.1, 0.15) is 17.4 Å². The maximum Gasteiger partial charge on any atom is 0.573 e. The first-order valence-electron chi connectivity index (χ1n) is 6.15. The van der Waals surface area contributed by atoms with Gasteiger partial charge in [-0.3, -0.25) is 4.98 Å². The highest BCUT2D eigenvalue weighted by Crippen LogP contribution is 2.26. The van der Waals surface area contributed by atoms with E-state index >= 15 is 0 Å². The summed E-state index contributed by atoms with van der Waals surface area (Å²) >= 11 is 0. The molecule has 0 unspecified atom stereocenters. The Bertz CT molecular complexity index is 716. The molecule has 9 heteroatoms. The Kier molecular flexibility index (Phi) is 4.25. The third-order valence-electron chi connectivity index (χ3n) is 2.58. The normalized spacial score (nSPS) is 11.3. The van der Waals surface area contributed by atoms with Gasteiger partial charge in [0, 0.05) is 5.56 Å². The molecule has 2 rings (SSSR count). The average Bonchev–Trinajstić information content (AvgIpc) is 2.80. The van der Waals surface area contributed by atoms with Crippen LogP contribution in [0.4, 0.5) is 13.2 Å². The van der Waals surface area contributed by atoms with E-state index in [0.717, 1.165) is 12.1 Å². The molecule has 1 aromatic carbocycles. The lowest BCUT2D eigenvalue weighted by Crippen LogP contribution is -2.16. The average molecular weight is 316 g/mol. The van der Waals surface area contributed by atoms with Crippen molar-refractivity contribution in [3.63, 3.8) is 0 Å². The minimum Gasteiger partial charge on any atom is -0.461 e. The fourth-order valence-electron chi connectivity index (χ4n) is 1.78. The van der Waals surface area contributed by atoms with Crippen molar-refractivity contribution in [2.75, 3.05) is 6.61 Å². The smallest absolute Gasteiger partial charge is 0.461 e. The number of nitrogens with one attached hydrogen (secondary N) is 2. The van der Waals surface area contributed by atoms with Crippen LogP contribution >= 0.6 is 0 Å². The second-order valence-electron chi connectivity index (χ2n) is 4.12. The molecule has 0 radical (unpaired) electrons. The molecule has 0 aliphatic carbocycles. The number of halogens is 3. The molecule has 6 nitrogen and oxygen atoms in total. The molecule has 2 aromatic rings. The van der Waals surface area contributed by atoms with Crippen LogP contribution in [-0.2, 0) is 4.74 Å². The lowest BCUT2D eigenvalue weighted by atomic mass is 10.1. The van der Waals surface area contributed by atoms with Gasteiger partial charge in [-0.25, -0.2) is 9.59 Å². The third kappa shape index (κ3) is 3.68. The minimum absolute atomic E-state index is 0.101. The van der Waals surface area contributed by atoms with Gasteiger partial charge in [-0.2, -0.15) is 0 Å². The summed E-state index contributed by atoms with van der Waals surface area (Å²) in [6.45, 7) is 1.72. The second kappa shape index (κ2) is 5.96. The largest absolute Gasteiger partial charge is 0.573 e. The van der Waals surface area contributed by atoms with E-state index < -0.39 is 23.8 Å². The molecule has 0 saturated carbocycles. The molecule has 0 saturated heterocycles. The van der Waals surface area contributed by atoms with Gasteiger partial charge in [0.2, 0.25) is 0 Å². The van der Waals surface area contributed by atoms with Gasteiger partial charge in [-0.15, -0.1) is 13.2 Å². The molecule has 0 amide bonds. The van der Waals surface area contributed by atoms with E-state index in [-0.39, 0.29) is 18.0 Å². The van der Waals surface area contributed by atoms with E-state index in [2.05, 4.69) is 14.7 Å². The molecular formula is C13H11F3N2O4. The summed E-state index contributed by atoms with van der Waals surface area (Å²) in [7, 11) is 0. The SMILES string of the molecule is CCOC(=O)c1[nH]c(=O)[nH]c1-c1ccc(OC(F)(F)F)cc1. The number of aromatic nitrogens is 2. The van der Waals surface area contributed by atoms with Gasteiger partial charge in [0.05, 0.1) is 12.3 Å². The highest BCUT2D eigenvalue weighted by Gasteiger charge is 2.31. The van der Waals surface area contributed by atoms with Crippen LogP contribution in [0, 0.1) is 0 Å². The van der Waals surface area contributed by atoms with E-state index in [9.17, 15) is 22.8 Å². The number of alkyl halides is 3. The maximum absolute atomic E-state index is 12.1. The van der Waals surface area contributed by atoms with Gasteiger partial charge >= 0.3 is 18.0 Å². The van der Waals surface area contributed by atoms with E-state index in [0.29, 0.717) is 5.56 Å². The topological polar surface area (TPSA) is 84.2 Å². The number of benzene rings is 1. The zero-order valence-electron chi connectivity index (χ0n) is 11.3. The van der Waals surface area contributed by atoms with Gasteiger partial charge in [0.15, 0.2) is 5.69 Å². The number of hydrogen-bond acceptors (Lipinski definition) is 4. The quantitative estimate of drug-likeness (QED) is 0.849. The summed E-state index contributed by atoms with van der Waals surface area (Å²) in [5, 5.41) is 0. The number of esters is 1. The zero-order chi connectivity index (χ0) is 16.3. The summed E-state index contributed by atoms with van der Waals surface area (Å²) in [6, 6.07) is 4.71. The molecular weight excluding hydrogens is 305 g/mol. The predicted molar refractivity (Wildman–Crippen MR) is 69.5 cm³/mol. The molecule has 1 aromatic heterocycles.